The second-order valence-corrected chi connectivity index (χ2v) is 5.86. The fraction of sp³-hybridized carbons (Fsp3) is 0.412. The Balaban J connectivity index is 1.83. The number of hydrogen-bond donors (Lipinski definition) is 1. The average Bonchev–Trinajstić information content (AvgIpc) is 3.22. The van der Waals surface area contributed by atoms with Crippen molar-refractivity contribution in [3.63, 3.8) is 0 Å². The number of hydrogen-bond acceptors (Lipinski definition) is 2. The maximum Gasteiger partial charge on any atom is 0.132 e. The summed E-state index contributed by atoms with van der Waals surface area (Å²) in [6.07, 6.45) is 4.01. The minimum Gasteiger partial charge on any atom is -0.490 e. The average molecular weight is 253 g/mol. The standard InChI is InChI=1S/C17H19NO/c1-11-10-16(18-13-7-8-13)15-9-6-12-4-2-3-5-14(12)17(15)19-11/h2-6,9,11,13,16,18H,7-8,10H2,1H3. The summed E-state index contributed by atoms with van der Waals surface area (Å²) >= 11 is 0. The van der Waals surface area contributed by atoms with Crippen LogP contribution in [0.2, 0.25) is 0 Å². The van der Waals surface area contributed by atoms with E-state index < -0.39 is 0 Å². The minimum absolute atomic E-state index is 0.287. The van der Waals surface area contributed by atoms with Crippen molar-refractivity contribution >= 4 is 10.8 Å². The molecule has 1 saturated carbocycles. The fourth-order valence-corrected chi connectivity index (χ4v) is 3.07. The fourth-order valence-electron chi connectivity index (χ4n) is 3.07. The van der Waals surface area contributed by atoms with Crippen molar-refractivity contribution in [2.45, 2.75) is 44.4 Å². The van der Waals surface area contributed by atoms with Gasteiger partial charge in [0.05, 0.1) is 6.10 Å². The molecule has 1 aliphatic carbocycles. The first-order valence-corrected chi connectivity index (χ1v) is 7.25. The summed E-state index contributed by atoms with van der Waals surface area (Å²) in [7, 11) is 0. The zero-order valence-corrected chi connectivity index (χ0v) is 11.2. The third-order valence-electron chi connectivity index (χ3n) is 4.19. The van der Waals surface area contributed by atoms with E-state index in [1.807, 2.05) is 0 Å². The predicted molar refractivity (Wildman–Crippen MR) is 77.6 cm³/mol. The topological polar surface area (TPSA) is 21.3 Å². The van der Waals surface area contributed by atoms with Crippen LogP contribution in [-0.4, -0.2) is 12.1 Å². The van der Waals surface area contributed by atoms with Crippen molar-refractivity contribution in [1.82, 2.24) is 5.32 Å². The van der Waals surface area contributed by atoms with Crippen LogP contribution < -0.4 is 10.1 Å². The molecule has 1 heterocycles. The minimum atomic E-state index is 0.287. The lowest BCUT2D eigenvalue weighted by atomic mass is 9.93. The predicted octanol–water partition coefficient (Wildman–Crippen LogP) is 3.80. The van der Waals surface area contributed by atoms with Crippen LogP contribution in [0, 0.1) is 0 Å². The Hall–Kier alpha value is -1.54. The van der Waals surface area contributed by atoms with E-state index in [9.17, 15) is 0 Å². The number of fused-ring (bicyclic) bond motifs is 3. The Bertz CT molecular complexity index is 618. The van der Waals surface area contributed by atoms with Gasteiger partial charge in [-0.3, -0.25) is 0 Å². The van der Waals surface area contributed by atoms with E-state index >= 15 is 0 Å². The van der Waals surface area contributed by atoms with Gasteiger partial charge in [0.2, 0.25) is 0 Å². The third-order valence-corrected chi connectivity index (χ3v) is 4.19. The van der Waals surface area contributed by atoms with Crippen LogP contribution in [0.1, 0.15) is 37.8 Å². The van der Waals surface area contributed by atoms with Gasteiger partial charge in [-0.05, 0) is 25.2 Å². The highest BCUT2D eigenvalue weighted by Crippen LogP contribution is 2.41. The highest BCUT2D eigenvalue weighted by molar-refractivity contribution is 5.90. The van der Waals surface area contributed by atoms with Gasteiger partial charge in [0.1, 0.15) is 5.75 Å². The molecule has 2 aliphatic rings. The third kappa shape index (κ3) is 2.00. The Morgan fingerprint density at radius 3 is 2.79 bits per heavy atom. The van der Waals surface area contributed by atoms with Crippen molar-refractivity contribution in [2.75, 3.05) is 0 Å². The van der Waals surface area contributed by atoms with Crippen LogP contribution in [0.5, 0.6) is 5.75 Å². The lowest BCUT2D eigenvalue weighted by Crippen LogP contribution is -2.32. The smallest absolute Gasteiger partial charge is 0.132 e. The molecule has 1 fully saturated rings. The van der Waals surface area contributed by atoms with Gasteiger partial charge in [0, 0.05) is 29.5 Å². The summed E-state index contributed by atoms with van der Waals surface area (Å²) in [4.78, 5) is 0. The van der Waals surface area contributed by atoms with Crippen molar-refractivity contribution in [2.24, 2.45) is 0 Å². The molecule has 0 bridgehead atoms. The molecule has 2 aromatic carbocycles. The number of benzene rings is 2. The zero-order valence-electron chi connectivity index (χ0n) is 11.2. The maximum atomic E-state index is 6.14. The summed E-state index contributed by atoms with van der Waals surface area (Å²) in [5, 5.41) is 6.27. The first-order valence-electron chi connectivity index (χ1n) is 7.25. The van der Waals surface area contributed by atoms with E-state index in [1.54, 1.807) is 0 Å². The molecule has 2 heteroatoms. The summed E-state index contributed by atoms with van der Waals surface area (Å²) in [5.74, 6) is 1.09. The van der Waals surface area contributed by atoms with Crippen LogP contribution in [0.15, 0.2) is 36.4 Å². The lowest BCUT2D eigenvalue weighted by Gasteiger charge is -2.32. The lowest BCUT2D eigenvalue weighted by molar-refractivity contribution is 0.168. The van der Waals surface area contributed by atoms with Gasteiger partial charge in [0.25, 0.3) is 0 Å². The Kier molecular flexibility index (Phi) is 2.52. The highest BCUT2D eigenvalue weighted by atomic mass is 16.5. The highest BCUT2D eigenvalue weighted by Gasteiger charge is 2.31. The largest absolute Gasteiger partial charge is 0.490 e. The molecule has 0 amide bonds. The van der Waals surface area contributed by atoms with Crippen LogP contribution in [-0.2, 0) is 0 Å². The molecule has 0 radical (unpaired) electrons. The number of nitrogens with one attached hydrogen (secondary N) is 1. The van der Waals surface area contributed by atoms with E-state index in [4.69, 9.17) is 4.74 Å². The Morgan fingerprint density at radius 1 is 1.11 bits per heavy atom. The summed E-state index contributed by atoms with van der Waals surface area (Å²) in [6, 6.07) is 14.1. The van der Waals surface area contributed by atoms with E-state index in [-0.39, 0.29) is 6.10 Å². The number of ether oxygens (including phenoxy) is 1. The van der Waals surface area contributed by atoms with Crippen molar-refractivity contribution in [1.29, 1.82) is 0 Å². The van der Waals surface area contributed by atoms with Crippen LogP contribution in [0.25, 0.3) is 10.8 Å². The van der Waals surface area contributed by atoms with Crippen LogP contribution in [0.4, 0.5) is 0 Å². The summed E-state index contributed by atoms with van der Waals surface area (Å²) < 4.78 is 6.14. The van der Waals surface area contributed by atoms with Gasteiger partial charge < -0.3 is 10.1 Å². The van der Waals surface area contributed by atoms with Gasteiger partial charge >= 0.3 is 0 Å². The Labute approximate surface area is 113 Å². The normalized spacial score (nSPS) is 25.9. The molecule has 0 spiro atoms. The van der Waals surface area contributed by atoms with E-state index in [0.29, 0.717) is 6.04 Å². The molecule has 2 atom stereocenters. The molecule has 0 saturated heterocycles. The Morgan fingerprint density at radius 2 is 1.95 bits per heavy atom. The van der Waals surface area contributed by atoms with Gasteiger partial charge in [-0.25, -0.2) is 0 Å². The molecule has 19 heavy (non-hydrogen) atoms. The molecule has 1 aliphatic heterocycles. The van der Waals surface area contributed by atoms with Crippen LogP contribution >= 0.6 is 0 Å². The SMILES string of the molecule is CC1CC(NC2CC2)c2ccc3ccccc3c2O1. The number of rotatable bonds is 2. The molecule has 2 nitrogen and oxygen atoms in total. The molecule has 4 rings (SSSR count). The quantitative estimate of drug-likeness (QED) is 0.879. The van der Waals surface area contributed by atoms with Crippen molar-refractivity contribution in [3.05, 3.63) is 42.0 Å². The molecule has 2 unspecified atom stereocenters. The van der Waals surface area contributed by atoms with E-state index in [2.05, 4.69) is 48.6 Å². The maximum absolute atomic E-state index is 6.14. The van der Waals surface area contributed by atoms with Gasteiger partial charge in [-0.1, -0.05) is 36.4 Å². The first kappa shape index (κ1) is 11.3. The van der Waals surface area contributed by atoms with Gasteiger partial charge in [0.15, 0.2) is 0 Å². The second-order valence-electron chi connectivity index (χ2n) is 5.86. The molecular formula is C17H19NO. The molecular weight excluding hydrogens is 234 g/mol. The zero-order chi connectivity index (χ0) is 12.8. The molecule has 2 aromatic rings. The monoisotopic (exact) mass is 253 g/mol. The van der Waals surface area contributed by atoms with Crippen LogP contribution in [0.3, 0.4) is 0 Å². The molecule has 98 valence electrons. The first-order chi connectivity index (χ1) is 9.31. The van der Waals surface area contributed by atoms with E-state index in [1.165, 1.54) is 29.2 Å². The second kappa shape index (κ2) is 4.24. The van der Waals surface area contributed by atoms with E-state index in [0.717, 1.165) is 18.2 Å². The van der Waals surface area contributed by atoms with Gasteiger partial charge in [-0.2, -0.15) is 0 Å². The summed E-state index contributed by atoms with van der Waals surface area (Å²) in [6.45, 7) is 2.17. The van der Waals surface area contributed by atoms with Crippen molar-refractivity contribution < 1.29 is 4.74 Å². The molecule has 0 aromatic heterocycles. The summed E-state index contributed by atoms with van der Waals surface area (Å²) in [5.41, 5.74) is 1.34. The van der Waals surface area contributed by atoms with Crippen molar-refractivity contribution in [3.8, 4) is 5.75 Å². The van der Waals surface area contributed by atoms with Gasteiger partial charge in [-0.15, -0.1) is 0 Å². The molecule has 1 N–H and O–H groups in total.